The summed E-state index contributed by atoms with van der Waals surface area (Å²) in [6.07, 6.45) is 1.10. The number of amides is 1. The van der Waals surface area contributed by atoms with Crippen molar-refractivity contribution in [3.05, 3.63) is 59.7 Å². The highest BCUT2D eigenvalue weighted by Gasteiger charge is 2.22. The van der Waals surface area contributed by atoms with Crippen molar-refractivity contribution < 1.29 is 17.9 Å². The molecular weight excluding hydrogens is 400 g/mol. The fraction of sp³-hybridized carbons (Fsp3) is 0.435. The molecule has 0 spiro atoms. The van der Waals surface area contributed by atoms with Gasteiger partial charge in [-0.05, 0) is 48.6 Å². The van der Waals surface area contributed by atoms with Gasteiger partial charge in [0.15, 0.2) is 0 Å². The van der Waals surface area contributed by atoms with Gasteiger partial charge in [-0.3, -0.25) is 9.10 Å². The number of carbonyl (C=O) groups excluding carboxylic acids is 1. The van der Waals surface area contributed by atoms with E-state index in [0.717, 1.165) is 27.4 Å². The SMILES string of the molecule is Cc1ccccc1OC[C@H](C)NC(=O)CN(c1ccc(C(C)(C)C)cc1)S(C)(=O)=O. The number of aryl methyl sites for hydroxylation is 1. The van der Waals surface area contributed by atoms with E-state index in [1.54, 1.807) is 12.1 Å². The summed E-state index contributed by atoms with van der Waals surface area (Å²) in [4.78, 5) is 12.5. The smallest absolute Gasteiger partial charge is 0.241 e. The second kappa shape index (κ2) is 9.51. The molecule has 0 saturated carbocycles. The zero-order valence-electron chi connectivity index (χ0n) is 18.6. The van der Waals surface area contributed by atoms with Gasteiger partial charge in [-0.1, -0.05) is 51.1 Å². The van der Waals surface area contributed by atoms with E-state index < -0.39 is 10.0 Å². The van der Waals surface area contributed by atoms with Crippen molar-refractivity contribution in [3.8, 4) is 5.75 Å². The van der Waals surface area contributed by atoms with Gasteiger partial charge in [0.1, 0.15) is 18.9 Å². The minimum atomic E-state index is -3.62. The molecule has 1 atom stereocenters. The molecular formula is C23H32N2O4S. The number of ether oxygens (including phenoxy) is 1. The van der Waals surface area contributed by atoms with E-state index in [1.165, 1.54) is 0 Å². The summed E-state index contributed by atoms with van der Waals surface area (Å²) in [6, 6.07) is 14.6. The molecule has 0 aliphatic carbocycles. The highest BCUT2D eigenvalue weighted by molar-refractivity contribution is 7.92. The third-order valence-electron chi connectivity index (χ3n) is 4.70. The van der Waals surface area contributed by atoms with Crippen molar-refractivity contribution in [1.29, 1.82) is 0 Å². The Hall–Kier alpha value is -2.54. The molecule has 7 heteroatoms. The van der Waals surface area contributed by atoms with E-state index in [2.05, 4.69) is 26.1 Å². The van der Waals surface area contributed by atoms with Crippen molar-refractivity contribution in [2.75, 3.05) is 23.7 Å². The van der Waals surface area contributed by atoms with Gasteiger partial charge in [0.25, 0.3) is 0 Å². The van der Waals surface area contributed by atoms with Crippen LogP contribution < -0.4 is 14.4 Å². The Bertz CT molecular complexity index is 963. The fourth-order valence-electron chi connectivity index (χ4n) is 2.95. The quantitative estimate of drug-likeness (QED) is 0.691. The van der Waals surface area contributed by atoms with Crippen molar-refractivity contribution in [3.63, 3.8) is 0 Å². The van der Waals surface area contributed by atoms with Crippen LogP contribution in [0.15, 0.2) is 48.5 Å². The third kappa shape index (κ3) is 6.76. The molecule has 0 radical (unpaired) electrons. The minimum absolute atomic E-state index is 0.0433. The lowest BCUT2D eigenvalue weighted by Crippen LogP contribution is -2.44. The standard InChI is InChI=1S/C23H32N2O4S/c1-17-9-7-8-10-21(17)29-16-18(2)24-22(26)15-25(30(6,27)28)20-13-11-19(12-14-20)23(3,4)5/h7-14,18H,15-16H2,1-6H3,(H,24,26)/t18-/m0/s1. The number of hydrogen-bond acceptors (Lipinski definition) is 4. The molecule has 1 amide bonds. The molecule has 0 saturated heterocycles. The van der Waals surface area contributed by atoms with Crippen molar-refractivity contribution >= 4 is 21.6 Å². The number of nitrogens with one attached hydrogen (secondary N) is 1. The maximum absolute atomic E-state index is 12.5. The van der Waals surface area contributed by atoms with Crippen LogP contribution in [0.2, 0.25) is 0 Å². The first-order chi connectivity index (χ1) is 13.9. The van der Waals surface area contributed by atoms with Gasteiger partial charge in [-0.15, -0.1) is 0 Å². The van der Waals surface area contributed by atoms with Crippen LogP contribution in [-0.2, 0) is 20.2 Å². The summed E-state index contributed by atoms with van der Waals surface area (Å²) in [5, 5.41) is 2.81. The van der Waals surface area contributed by atoms with Crippen LogP contribution in [0.4, 0.5) is 5.69 Å². The minimum Gasteiger partial charge on any atom is -0.491 e. The largest absolute Gasteiger partial charge is 0.491 e. The molecule has 0 aromatic heterocycles. The first kappa shape index (κ1) is 23.7. The molecule has 0 heterocycles. The first-order valence-electron chi connectivity index (χ1n) is 9.94. The zero-order valence-corrected chi connectivity index (χ0v) is 19.4. The zero-order chi connectivity index (χ0) is 22.5. The van der Waals surface area contributed by atoms with E-state index in [9.17, 15) is 13.2 Å². The molecule has 6 nitrogen and oxygen atoms in total. The molecule has 164 valence electrons. The second-order valence-electron chi connectivity index (χ2n) is 8.61. The number of benzene rings is 2. The summed E-state index contributed by atoms with van der Waals surface area (Å²) in [5.41, 5.74) is 2.52. The summed E-state index contributed by atoms with van der Waals surface area (Å²) in [7, 11) is -3.62. The monoisotopic (exact) mass is 432 g/mol. The molecule has 1 N–H and O–H groups in total. The Balaban J connectivity index is 2.02. The molecule has 0 aliphatic rings. The Morgan fingerprint density at radius 3 is 2.23 bits per heavy atom. The lowest BCUT2D eigenvalue weighted by atomic mass is 9.87. The van der Waals surface area contributed by atoms with Gasteiger partial charge in [0, 0.05) is 0 Å². The predicted octanol–water partition coefficient (Wildman–Crippen LogP) is 3.64. The van der Waals surface area contributed by atoms with Gasteiger partial charge in [-0.25, -0.2) is 8.42 Å². The maximum atomic E-state index is 12.5. The average Bonchev–Trinajstić information content (AvgIpc) is 2.64. The van der Waals surface area contributed by atoms with Crippen LogP contribution in [0.25, 0.3) is 0 Å². The molecule has 0 fully saturated rings. The Kier molecular flexibility index (Phi) is 7.53. The normalized spacial score (nSPS) is 12.9. The van der Waals surface area contributed by atoms with Crippen molar-refractivity contribution in [2.45, 2.75) is 46.1 Å². The van der Waals surface area contributed by atoms with Crippen LogP contribution in [0, 0.1) is 6.92 Å². The average molecular weight is 433 g/mol. The lowest BCUT2D eigenvalue weighted by Gasteiger charge is -2.25. The van der Waals surface area contributed by atoms with Gasteiger partial charge in [0.2, 0.25) is 15.9 Å². The molecule has 30 heavy (non-hydrogen) atoms. The van der Waals surface area contributed by atoms with Gasteiger partial charge < -0.3 is 10.1 Å². The number of carbonyl (C=O) groups is 1. The van der Waals surface area contributed by atoms with Crippen LogP contribution in [0.5, 0.6) is 5.75 Å². The Morgan fingerprint density at radius 1 is 1.10 bits per heavy atom. The fourth-order valence-corrected chi connectivity index (χ4v) is 3.81. The number of nitrogens with zero attached hydrogens (tertiary/aromatic N) is 1. The molecule has 2 rings (SSSR count). The number of sulfonamides is 1. The van der Waals surface area contributed by atoms with Gasteiger partial charge >= 0.3 is 0 Å². The number of hydrogen-bond donors (Lipinski definition) is 1. The van der Waals surface area contributed by atoms with E-state index in [4.69, 9.17) is 4.74 Å². The first-order valence-corrected chi connectivity index (χ1v) is 11.8. The Labute approximate surface area is 180 Å². The number of rotatable bonds is 8. The number of anilines is 1. The lowest BCUT2D eigenvalue weighted by molar-refractivity contribution is -0.120. The highest BCUT2D eigenvalue weighted by Crippen LogP contribution is 2.25. The van der Waals surface area contributed by atoms with E-state index in [1.807, 2.05) is 50.2 Å². The molecule has 0 bridgehead atoms. The van der Waals surface area contributed by atoms with Crippen LogP contribution in [0.3, 0.4) is 0 Å². The summed E-state index contributed by atoms with van der Waals surface area (Å²) in [6.45, 7) is 10.0. The second-order valence-corrected chi connectivity index (χ2v) is 10.5. The molecule has 0 aliphatic heterocycles. The third-order valence-corrected chi connectivity index (χ3v) is 5.84. The van der Waals surface area contributed by atoms with Gasteiger partial charge in [-0.2, -0.15) is 0 Å². The topological polar surface area (TPSA) is 75.7 Å². The Morgan fingerprint density at radius 2 is 1.70 bits per heavy atom. The van der Waals surface area contributed by atoms with E-state index in [0.29, 0.717) is 5.69 Å². The molecule has 0 unspecified atom stereocenters. The van der Waals surface area contributed by atoms with Gasteiger partial charge in [0.05, 0.1) is 18.0 Å². The van der Waals surface area contributed by atoms with E-state index >= 15 is 0 Å². The maximum Gasteiger partial charge on any atom is 0.241 e. The van der Waals surface area contributed by atoms with Crippen LogP contribution >= 0.6 is 0 Å². The van der Waals surface area contributed by atoms with Crippen LogP contribution in [0.1, 0.15) is 38.8 Å². The van der Waals surface area contributed by atoms with Crippen molar-refractivity contribution in [2.24, 2.45) is 0 Å². The highest BCUT2D eigenvalue weighted by atomic mass is 32.2. The van der Waals surface area contributed by atoms with E-state index in [-0.39, 0.29) is 30.5 Å². The number of para-hydroxylation sites is 1. The molecule has 2 aromatic carbocycles. The summed E-state index contributed by atoms with van der Waals surface area (Å²) in [5.74, 6) is 0.372. The predicted molar refractivity (Wildman–Crippen MR) is 122 cm³/mol. The van der Waals surface area contributed by atoms with Crippen LogP contribution in [-0.4, -0.2) is 39.8 Å². The van der Waals surface area contributed by atoms with Crippen molar-refractivity contribution in [1.82, 2.24) is 5.32 Å². The summed E-state index contributed by atoms with van der Waals surface area (Å²) < 4.78 is 31.5. The molecule has 2 aromatic rings. The summed E-state index contributed by atoms with van der Waals surface area (Å²) >= 11 is 0.